The highest BCUT2D eigenvalue weighted by molar-refractivity contribution is 5.31. The highest BCUT2D eigenvalue weighted by atomic mass is 16.5. The van der Waals surface area contributed by atoms with Gasteiger partial charge in [0, 0.05) is 44.3 Å². The lowest BCUT2D eigenvalue weighted by atomic mass is 9.89. The van der Waals surface area contributed by atoms with Gasteiger partial charge in [-0.15, -0.1) is 0 Å². The van der Waals surface area contributed by atoms with Crippen molar-refractivity contribution in [1.82, 2.24) is 19.5 Å². The number of rotatable bonds is 2. The standard InChI is InChI=1S/C15H19N5O/c1-3-15(9-13(10-21-15)20-8-6-16-12-20)11-19(7-1)14-17-4-2-5-18-14/h2,4-6,8,12-13H,1,3,7,9-11H2/t13-,15+/m1/s1. The molecule has 4 rings (SSSR count). The van der Waals surface area contributed by atoms with E-state index in [1.165, 1.54) is 0 Å². The van der Waals surface area contributed by atoms with Crippen LogP contribution in [-0.4, -0.2) is 44.8 Å². The quantitative estimate of drug-likeness (QED) is 0.840. The van der Waals surface area contributed by atoms with Crippen LogP contribution < -0.4 is 4.90 Å². The molecular formula is C15H19N5O. The van der Waals surface area contributed by atoms with Crippen LogP contribution in [0.1, 0.15) is 25.3 Å². The van der Waals surface area contributed by atoms with Crippen LogP contribution in [0.25, 0.3) is 0 Å². The molecule has 0 amide bonds. The van der Waals surface area contributed by atoms with Crippen LogP contribution in [0.5, 0.6) is 0 Å². The van der Waals surface area contributed by atoms with Crippen LogP contribution in [0.3, 0.4) is 0 Å². The molecular weight excluding hydrogens is 266 g/mol. The van der Waals surface area contributed by atoms with Crippen molar-refractivity contribution < 1.29 is 4.74 Å². The number of hydrogen-bond donors (Lipinski definition) is 0. The fraction of sp³-hybridized carbons (Fsp3) is 0.533. The number of nitrogens with zero attached hydrogens (tertiary/aromatic N) is 5. The van der Waals surface area contributed by atoms with Gasteiger partial charge in [-0.25, -0.2) is 15.0 Å². The second-order valence-electron chi connectivity index (χ2n) is 5.94. The molecule has 0 bridgehead atoms. The van der Waals surface area contributed by atoms with Crippen LogP contribution >= 0.6 is 0 Å². The maximum atomic E-state index is 6.22. The Bertz CT molecular complexity index is 587. The van der Waals surface area contributed by atoms with Gasteiger partial charge in [0.25, 0.3) is 0 Å². The molecule has 21 heavy (non-hydrogen) atoms. The molecule has 110 valence electrons. The zero-order valence-electron chi connectivity index (χ0n) is 11.9. The largest absolute Gasteiger partial charge is 0.371 e. The monoisotopic (exact) mass is 285 g/mol. The summed E-state index contributed by atoms with van der Waals surface area (Å²) in [5.74, 6) is 0.811. The minimum absolute atomic E-state index is 0.0631. The molecule has 6 heteroatoms. The predicted octanol–water partition coefficient (Wildman–Crippen LogP) is 1.67. The van der Waals surface area contributed by atoms with E-state index in [0.29, 0.717) is 6.04 Å². The summed E-state index contributed by atoms with van der Waals surface area (Å²) in [6.45, 7) is 2.65. The Morgan fingerprint density at radius 3 is 2.95 bits per heavy atom. The Morgan fingerprint density at radius 2 is 2.14 bits per heavy atom. The first-order valence-corrected chi connectivity index (χ1v) is 7.48. The summed E-state index contributed by atoms with van der Waals surface area (Å²) in [5.41, 5.74) is -0.0631. The number of hydrogen-bond acceptors (Lipinski definition) is 5. The van der Waals surface area contributed by atoms with Gasteiger partial charge in [0.05, 0.1) is 24.6 Å². The zero-order valence-corrected chi connectivity index (χ0v) is 11.9. The van der Waals surface area contributed by atoms with Crippen LogP contribution in [0.2, 0.25) is 0 Å². The number of imidazole rings is 1. The first kappa shape index (κ1) is 12.8. The third kappa shape index (κ3) is 2.40. The van der Waals surface area contributed by atoms with Gasteiger partial charge in [-0.05, 0) is 18.9 Å². The molecule has 4 heterocycles. The van der Waals surface area contributed by atoms with Gasteiger partial charge in [0.2, 0.25) is 5.95 Å². The molecule has 2 aromatic heterocycles. The molecule has 2 fully saturated rings. The Balaban J connectivity index is 1.51. The summed E-state index contributed by atoms with van der Waals surface area (Å²) in [7, 11) is 0. The van der Waals surface area contributed by atoms with Crippen molar-refractivity contribution in [2.24, 2.45) is 0 Å². The van der Waals surface area contributed by atoms with Crippen LogP contribution in [0.15, 0.2) is 37.2 Å². The van der Waals surface area contributed by atoms with Crippen LogP contribution in [0.4, 0.5) is 5.95 Å². The van der Waals surface area contributed by atoms with E-state index in [1.54, 1.807) is 12.4 Å². The molecule has 6 nitrogen and oxygen atoms in total. The lowest BCUT2D eigenvalue weighted by molar-refractivity contribution is -0.00719. The fourth-order valence-corrected chi connectivity index (χ4v) is 3.50. The Hall–Kier alpha value is -1.95. The van der Waals surface area contributed by atoms with Gasteiger partial charge in [-0.1, -0.05) is 0 Å². The maximum absolute atomic E-state index is 6.22. The minimum Gasteiger partial charge on any atom is -0.371 e. The average molecular weight is 285 g/mol. The predicted molar refractivity (Wildman–Crippen MR) is 78.0 cm³/mol. The van der Waals surface area contributed by atoms with Crippen molar-refractivity contribution in [3.63, 3.8) is 0 Å². The van der Waals surface area contributed by atoms with Crippen molar-refractivity contribution in [2.45, 2.75) is 30.9 Å². The Morgan fingerprint density at radius 1 is 1.24 bits per heavy atom. The summed E-state index contributed by atoms with van der Waals surface area (Å²) in [6, 6.07) is 2.24. The molecule has 0 radical (unpaired) electrons. The van der Waals surface area contributed by atoms with Gasteiger partial charge in [-0.2, -0.15) is 0 Å². The summed E-state index contributed by atoms with van der Waals surface area (Å²) in [6.07, 6.45) is 12.6. The van der Waals surface area contributed by atoms with E-state index in [1.807, 2.05) is 24.8 Å². The molecule has 2 aliphatic heterocycles. The summed E-state index contributed by atoms with van der Waals surface area (Å²) in [4.78, 5) is 15.1. The molecule has 2 atom stereocenters. The summed E-state index contributed by atoms with van der Waals surface area (Å²) >= 11 is 0. The zero-order chi connectivity index (χ0) is 14.1. The molecule has 1 spiro atoms. The van der Waals surface area contributed by atoms with E-state index in [4.69, 9.17) is 4.74 Å². The number of aromatic nitrogens is 4. The van der Waals surface area contributed by atoms with E-state index in [-0.39, 0.29) is 5.60 Å². The van der Waals surface area contributed by atoms with Gasteiger partial charge in [0.1, 0.15) is 0 Å². The first-order valence-electron chi connectivity index (χ1n) is 7.48. The van der Waals surface area contributed by atoms with Crippen LogP contribution in [0, 0.1) is 0 Å². The third-order valence-corrected chi connectivity index (χ3v) is 4.51. The topological polar surface area (TPSA) is 56.1 Å². The van der Waals surface area contributed by atoms with Gasteiger partial charge in [-0.3, -0.25) is 0 Å². The molecule has 0 aromatic carbocycles. The highest BCUT2D eigenvalue weighted by Crippen LogP contribution is 2.39. The molecule has 2 aliphatic rings. The Kier molecular flexibility index (Phi) is 3.11. The van der Waals surface area contributed by atoms with Crippen molar-refractivity contribution in [2.75, 3.05) is 24.6 Å². The first-order chi connectivity index (χ1) is 10.3. The normalized spacial score (nSPS) is 29.1. The van der Waals surface area contributed by atoms with Crippen molar-refractivity contribution >= 4 is 5.95 Å². The van der Waals surface area contributed by atoms with E-state index in [0.717, 1.165) is 44.9 Å². The molecule has 0 unspecified atom stereocenters. The van der Waals surface area contributed by atoms with Crippen molar-refractivity contribution in [1.29, 1.82) is 0 Å². The number of ether oxygens (including phenoxy) is 1. The summed E-state index contributed by atoms with van der Waals surface area (Å²) in [5, 5.41) is 0. The second kappa shape index (κ2) is 5.11. The van der Waals surface area contributed by atoms with E-state index >= 15 is 0 Å². The lowest BCUT2D eigenvalue weighted by Crippen LogP contribution is -2.48. The molecule has 0 aliphatic carbocycles. The third-order valence-electron chi connectivity index (χ3n) is 4.51. The molecule has 2 saturated heterocycles. The van der Waals surface area contributed by atoms with Crippen molar-refractivity contribution in [3.8, 4) is 0 Å². The minimum atomic E-state index is -0.0631. The van der Waals surface area contributed by atoms with E-state index < -0.39 is 0 Å². The number of piperidine rings is 1. The molecule has 0 N–H and O–H groups in total. The highest BCUT2D eigenvalue weighted by Gasteiger charge is 2.44. The van der Waals surface area contributed by atoms with Gasteiger partial charge < -0.3 is 14.2 Å². The van der Waals surface area contributed by atoms with Gasteiger partial charge >= 0.3 is 0 Å². The van der Waals surface area contributed by atoms with Crippen molar-refractivity contribution in [3.05, 3.63) is 37.2 Å². The van der Waals surface area contributed by atoms with E-state index in [9.17, 15) is 0 Å². The smallest absolute Gasteiger partial charge is 0.225 e. The molecule has 2 aromatic rings. The SMILES string of the molecule is c1cnc(N2CCC[C@]3(C[C@@H](n4ccnc4)CO3)C2)nc1. The number of anilines is 1. The average Bonchev–Trinajstić information content (AvgIpc) is 3.19. The maximum Gasteiger partial charge on any atom is 0.225 e. The lowest BCUT2D eigenvalue weighted by Gasteiger charge is -2.39. The fourth-order valence-electron chi connectivity index (χ4n) is 3.50. The Labute approximate surface area is 123 Å². The second-order valence-corrected chi connectivity index (χ2v) is 5.94. The van der Waals surface area contributed by atoms with Crippen LogP contribution in [-0.2, 0) is 4.74 Å². The van der Waals surface area contributed by atoms with E-state index in [2.05, 4.69) is 24.4 Å². The summed E-state index contributed by atoms with van der Waals surface area (Å²) < 4.78 is 8.38. The van der Waals surface area contributed by atoms with Gasteiger partial charge in [0.15, 0.2) is 0 Å². The molecule has 0 saturated carbocycles.